The fourth-order valence-corrected chi connectivity index (χ4v) is 2.75. The lowest BCUT2D eigenvalue weighted by molar-refractivity contribution is -0.140. The molecule has 0 radical (unpaired) electrons. The smallest absolute Gasteiger partial charge is 0.333 e. The summed E-state index contributed by atoms with van der Waals surface area (Å²) >= 11 is 0. The Kier molecular flexibility index (Phi) is 3.61. The van der Waals surface area contributed by atoms with Gasteiger partial charge in [-0.15, -0.1) is 0 Å². The van der Waals surface area contributed by atoms with Crippen LogP contribution in [0.1, 0.15) is 25.3 Å². The summed E-state index contributed by atoms with van der Waals surface area (Å²) in [5.41, 5.74) is 1.47. The standard InChI is InChI=1S/C19H18O2/c1-13(2)19(20)21-12-15-11-14-7-3-4-8-16(14)18-10-6-5-9-17(15)18/h5-11H,1,3-4,12H2,2H3. The van der Waals surface area contributed by atoms with Crippen molar-refractivity contribution in [2.45, 2.75) is 26.4 Å². The Labute approximate surface area is 124 Å². The van der Waals surface area contributed by atoms with Gasteiger partial charge in [-0.25, -0.2) is 4.79 Å². The molecule has 2 heteroatoms. The minimum atomic E-state index is -0.340. The van der Waals surface area contributed by atoms with E-state index in [2.05, 4.69) is 43.0 Å². The van der Waals surface area contributed by atoms with Crippen molar-refractivity contribution in [3.8, 4) is 0 Å². The lowest BCUT2D eigenvalue weighted by atomic mass is 9.97. The van der Waals surface area contributed by atoms with Crippen molar-refractivity contribution in [2.75, 3.05) is 0 Å². The SMILES string of the molecule is C=C(C)C(=O)OCc1cc2c(c3ccccc13)=CCCC=2. The Morgan fingerprint density at radius 3 is 2.67 bits per heavy atom. The van der Waals surface area contributed by atoms with Crippen molar-refractivity contribution in [3.05, 3.63) is 58.5 Å². The molecule has 0 aromatic heterocycles. The first-order chi connectivity index (χ1) is 10.2. The van der Waals surface area contributed by atoms with Crippen LogP contribution in [0.4, 0.5) is 0 Å². The van der Waals surface area contributed by atoms with E-state index >= 15 is 0 Å². The summed E-state index contributed by atoms with van der Waals surface area (Å²) < 4.78 is 5.33. The predicted octanol–water partition coefficient (Wildman–Crippen LogP) is 2.81. The maximum atomic E-state index is 11.6. The Morgan fingerprint density at radius 2 is 1.90 bits per heavy atom. The molecule has 0 saturated carbocycles. The van der Waals surface area contributed by atoms with E-state index in [9.17, 15) is 4.79 Å². The van der Waals surface area contributed by atoms with Crippen molar-refractivity contribution in [3.63, 3.8) is 0 Å². The van der Waals surface area contributed by atoms with Crippen molar-refractivity contribution < 1.29 is 9.53 Å². The van der Waals surface area contributed by atoms with Gasteiger partial charge in [0.25, 0.3) is 0 Å². The van der Waals surface area contributed by atoms with E-state index in [1.54, 1.807) is 6.92 Å². The Morgan fingerprint density at radius 1 is 1.19 bits per heavy atom. The zero-order chi connectivity index (χ0) is 14.8. The first-order valence-corrected chi connectivity index (χ1v) is 7.20. The van der Waals surface area contributed by atoms with Crippen LogP contribution in [0.2, 0.25) is 0 Å². The number of esters is 1. The highest BCUT2D eigenvalue weighted by molar-refractivity contribution is 5.89. The number of benzene rings is 2. The molecule has 0 bridgehead atoms. The van der Waals surface area contributed by atoms with Gasteiger partial charge in [-0.2, -0.15) is 0 Å². The Hall–Kier alpha value is -2.35. The number of fused-ring (bicyclic) bond motifs is 3. The third-order valence-corrected chi connectivity index (χ3v) is 3.79. The number of hydrogen-bond donors (Lipinski definition) is 0. The van der Waals surface area contributed by atoms with Crippen molar-refractivity contribution in [2.24, 2.45) is 0 Å². The van der Waals surface area contributed by atoms with E-state index in [0.717, 1.165) is 23.8 Å². The third-order valence-electron chi connectivity index (χ3n) is 3.79. The predicted molar refractivity (Wildman–Crippen MR) is 86.0 cm³/mol. The molecule has 0 fully saturated rings. The lowest BCUT2D eigenvalue weighted by Crippen LogP contribution is -2.28. The maximum Gasteiger partial charge on any atom is 0.333 e. The molecule has 0 aliphatic heterocycles. The molecule has 0 atom stereocenters. The topological polar surface area (TPSA) is 26.3 Å². The van der Waals surface area contributed by atoms with Crippen LogP contribution >= 0.6 is 0 Å². The molecule has 21 heavy (non-hydrogen) atoms. The second-order valence-electron chi connectivity index (χ2n) is 5.43. The van der Waals surface area contributed by atoms with E-state index in [4.69, 9.17) is 4.74 Å². The van der Waals surface area contributed by atoms with Gasteiger partial charge in [0.1, 0.15) is 6.61 Å². The fraction of sp³-hybridized carbons (Fsp3) is 0.211. The van der Waals surface area contributed by atoms with Gasteiger partial charge in [0.05, 0.1) is 0 Å². The Balaban J connectivity index is 2.11. The van der Waals surface area contributed by atoms with Crippen LogP contribution in [0.3, 0.4) is 0 Å². The quantitative estimate of drug-likeness (QED) is 0.637. The molecule has 0 unspecified atom stereocenters. The second-order valence-corrected chi connectivity index (χ2v) is 5.43. The van der Waals surface area contributed by atoms with E-state index in [1.807, 2.05) is 6.07 Å². The largest absolute Gasteiger partial charge is 0.457 e. The molecule has 2 aromatic rings. The summed E-state index contributed by atoms with van der Waals surface area (Å²) in [5, 5.41) is 4.91. The number of carbonyl (C=O) groups is 1. The number of hydrogen-bond acceptors (Lipinski definition) is 2. The van der Waals surface area contributed by atoms with Gasteiger partial charge >= 0.3 is 5.97 Å². The molecule has 106 valence electrons. The van der Waals surface area contributed by atoms with E-state index in [0.29, 0.717) is 5.57 Å². The molecule has 1 aliphatic carbocycles. The lowest BCUT2D eigenvalue weighted by Gasteiger charge is -2.11. The van der Waals surface area contributed by atoms with Gasteiger partial charge in [0, 0.05) is 5.57 Å². The third kappa shape index (κ3) is 2.62. The van der Waals surface area contributed by atoms with Crippen LogP contribution in [-0.2, 0) is 16.1 Å². The zero-order valence-electron chi connectivity index (χ0n) is 12.2. The average molecular weight is 278 g/mol. The molecule has 1 aliphatic rings. The first kappa shape index (κ1) is 13.6. The van der Waals surface area contributed by atoms with Crippen LogP contribution < -0.4 is 10.4 Å². The van der Waals surface area contributed by atoms with Gasteiger partial charge in [-0.3, -0.25) is 0 Å². The summed E-state index contributed by atoms with van der Waals surface area (Å²) in [6.07, 6.45) is 6.70. The highest BCUT2D eigenvalue weighted by atomic mass is 16.5. The number of rotatable bonds is 3. The van der Waals surface area contributed by atoms with Gasteiger partial charge in [0.2, 0.25) is 0 Å². The average Bonchev–Trinajstić information content (AvgIpc) is 2.52. The fourth-order valence-electron chi connectivity index (χ4n) is 2.75. The molecule has 0 amide bonds. The molecule has 0 spiro atoms. The van der Waals surface area contributed by atoms with Crippen LogP contribution in [0, 0.1) is 0 Å². The van der Waals surface area contributed by atoms with E-state index in [1.165, 1.54) is 15.8 Å². The monoisotopic (exact) mass is 278 g/mol. The molecule has 0 saturated heterocycles. The highest BCUT2D eigenvalue weighted by Gasteiger charge is 2.09. The van der Waals surface area contributed by atoms with Gasteiger partial charge in [0.15, 0.2) is 0 Å². The van der Waals surface area contributed by atoms with Crippen LogP contribution in [0.25, 0.3) is 22.9 Å². The molecule has 0 heterocycles. The number of ether oxygens (including phenoxy) is 1. The van der Waals surface area contributed by atoms with Gasteiger partial charge in [-0.1, -0.05) is 43.0 Å². The van der Waals surface area contributed by atoms with Crippen LogP contribution in [0.5, 0.6) is 0 Å². The van der Waals surface area contributed by atoms with Crippen molar-refractivity contribution in [1.82, 2.24) is 0 Å². The second kappa shape index (κ2) is 5.57. The normalized spacial score (nSPS) is 13.0. The minimum Gasteiger partial charge on any atom is -0.457 e. The summed E-state index contributed by atoms with van der Waals surface area (Å²) in [6.45, 7) is 5.56. The van der Waals surface area contributed by atoms with Crippen LogP contribution in [-0.4, -0.2) is 5.97 Å². The van der Waals surface area contributed by atoms with Gasteiger partial charge in [-0.05, 0) is 52.6 Å². The minimum absolute atomic E-state index is 0.285. The summed E-state index contributed by atoms with van der Waals surface area (Å²) in [6, 6.07) is 10.4. The van der Waals surface area contributed by atoms with Crippen LogP contribution in [0.15, 0.2) is 42.5 Å². The zero-order valence-corrected chi connectivity index (χ0v) is 12.2. The summed E-state index contributed by atoms with van der Waals surface area (Å²) in [7, 11) is 0. The molecule has 2 nitrogen and oxygen atoms in total. The maximum absolute atomic E-state index is 11.6. The Bertz CT molecular complexity index is 844. The first-order valence-electron chi connectivity index (χ1n) is 7.20. The van der Waals surface area contributed by atoms with E-state index in [-0.39, 0.29) is 12.6 Å². The highest BCUT2D eigenvalue weighted by Crippen LogP contribution is 2.16. The van der Waals surface area contributed by atoms with Crippen molar-refractivity contribution in [1.29, 1.82) is 0 Å². The summed E-state index contributed by atoms with van der Waals surface area (Å²) in [4.78, 5) is 11.6. The molecular weight excluding hydrogens is 260 g/mol. The van der Waals surface area contributed by atoms with Crippen molar-refractivity contribution >= 4 is 28.9 Å². The van der Waals surface area contributed by atoms with Gasteiger partial charge < -0.3 is 4.74 Å². The molecular formula is C19H18O2. The molecule has 2 aromatic carbocycles. The number of carbonyl (C=O) groups excluding carboxylic acids is 1. The molecule has 3 rings (SSSR count). The summed E-state index contributed by atoms with van der Waals surface area (Å²) in [5.74, 6) is -0.340. The molecule has 0 N–H and O–H groups in total. The van der Waals surface area contributed by atoms with E-state index < -0.39 is 0 Å².